The Hall–Kier alpha value is -1.84. The average Bonchev–Trinajstić information content (AvgIpc) is 2.96. The van der Waals surface area contributed by atoms with Crippen molar-refractivity contribution in [3.05, 3.63) is 36.5 Å². The number of carboxylic acids is 1. The molecule has 0 heterocycles. The van der Waals surface area contributed by atoms with Crippen LogP contribution in [0.1, 0.15) is 181 Å². The monoisotopic (exact) mass is 574 g/mol. The van der Waals surface area contributed by atoms with Crippen molar-refractivity contribution >= 4 is 11.9 Å². The standard InChI is InChI=1S/C37H66O4/c1-3-5-7-9-11-13-15-17-18-19-20-22-24-26-28-30-32-34-36(38)41-35(37(39)40)33-31-29-27-25-23-21-16-14-12-10-8-6-4-2/h5,7,11,13,17-18,35H,3-4,6,8-10,12,14-16,19-34H2,1-2H3,(H,39,40)/b7-5-,13-11-,18-17-. The predicted octanol–water partition coefficient (Wildman–Crippen LogP) is 11.8. The smallest absolute Gasteiger partial charge is 0.345 e. The van der Waals surface area contributed by atoms with Gasteiger partial charge in [0.1, 0.15) is 0 Å². The number of hydrogen-bond acceptors (Lipinski definition) is 3. The fraction of sp³-hybridized carbons (Fsp3) is 0.784. The van der Waals surface area contributed by atoms with Crippen LogP contribution in [0, 0.1) is 0 Å². The van der Waals surface area contributed by atoms with Gasteiger partial charge in [-0.2, -0.15) is 0 Å². The summed E-state index contributed by atoms with van der Waals surface area (Å²) in [6.07, 6.45) is 41.7. The molecule has 1 atom stereocenters. The third-order valence-electron chi connectivity index (χ3n) is 7.65. The number of carboxylic acid groups (broad SMARTS) is 1. The third kappa shape index (κ3) is 30.9. The average molecular weight is 575 g/mol. The molecule has 0 fully saturated rings. The number of hydrogen-bond donors (Lipinski definition) is 1. The van der Waals surface area contributed by atoms with Gasteiger partial charge in [-0.1, -0.05) is 159 Å². The van der Waals surface area contributed by atoms with Crippen molar-refractivity contribution in [2.24, 2.45) is 0 Å². The lowest BCUT2D eigenvalue weighted by molar-refractivity contribution is -0.164. The summed E-state index contributed by atoms with van der Waals surface area (Å²) in [5, 5.41) is 9.45. The predicted molar refractivity (Wildman–Crippen MR) is 176 cm³/mol. The maximum Gasteiger partial charge on any atom is 0.345 e. The van der Waals surface area contributed by atoms with E-state index in [0.717, 1.165) is 64.2 Å². The second-order valence-electron chi connectivity index (χ2n) is 11.7. The molecule has 1 N–H and O–H groups in total. The van der Waals surface area contributed by atoms with Gasteiger partial charge in [-0.25, -0.2) is 4.79 Å². The van der Waals surface area contributed by atoms with E-state index in [9.17, 15) is 14.7 Å². The lowest BCUT2D eigenvalue weighted by Crippen LogP contribution is -2.27. The molecular weight excluding hydrogens is 508 g/mol. The van der Waals surface area contributed by atoms with Crippen molar-refractivity contribution in [1.29, 1.82) is 0 Å². The minimum atomic E-state index is -1.01. The van der Waals surface area contributed by atoms with Crippen LogP contribution < -0.4 is 0 Å². The van der Waals surface area contributed by atoms with Crippen molar-refractivity contribution in [3.8, 4) is 0 Å². The molecular formula is C37H66O4. The highest BCUT2D eigenvalue weighted by Crippen LogP contribution is 2.15. The first-order valence-electron chi connectivity index (χ1n) is 17.5. The molecule has 1 unspecified atom stereocenters. The summed E-state index contributed by atoms with van der Waals surface area (Å²) in [7, 11) is 0. The molecule has 0 aliphatic heterocycles. The molecule has 0 bridgehead atoms. The summed E-state index contributed by atoms with van der Waals surface area (Å²) in [6.45, 7) is 4.41. The number of allylic oxidation sites excluding steroid dienone is 6. The van der Waals surface area contributed by atoms with E-state index < -0.39 is 12.1 Å². The van der Waals surface area contributed by atoms with Crippen molar-refractivity contribution in [1.82, 2.24) is 0 Å². The number of rotatable bonds is 31. The van der Waals surface area contributed by atoms with E-state index in [1.165, 1.54) is 89.9 Å². The van der Waals surface area contributed by atoms with Gasteiger partial charge in [0, 0.05) is 6.42 Å². The number of carbonyl (C=O) groups is 2. The molecule has 41 heavy (non-hydrogen) atoms. The summed E-state index contributed by atoms with van der Waals surface area (Å²) in [5.41, 5.74) is 0. The first-order chi connectivity index (χ1) is 20.1. The van der Waals surface area contributed by atoms with Gasteiger partial charge in [0.25, 0.3) is 0 Å². The number of ether oxygens (including phenoxy) is 1. The van der Waals surface area contributed by atoms with Gasteiger partial charge >= 0.3 is 11.9 Å². The number of aliphatic carboxylic acids is 1. The van der Waals surface area contributed by atoms with E-state index in [2.05, 4.69) is 50.3 Å². The van der Waals surface area contributed by atoms with Gasteiger partial charge in [0.2, 0.25) is 0 Å². The molecule has 4 heteroatoms. The Kier molecular flexibility index (Phi) is 31.2. The van der Waals surface area contributed by atoms with Gasteiger partial charge in [0.05, 0.1) is 0 Å². The van der Waals surface area contributed by atoms with Crippen LogP contribution in [-0.4, -0.2) is 23.1 Å². The quantitative estimate of drug-likeness (QED) is 0.0508. The van der Waals surface area contributed by atoms with Crippen molar-refractivity contribution < 1.29 is 19.4 Å². The SMILES string of the molecule is CC/C=C\C/C=C\C/C=C\CCCCCCCCCC(=O)OC(CCCCCCCCCCCCCCC)C(=O)O. The van der Waals surface area contributed by atoms with Crippen LogP contribution >= 0.6 is 0 Å². The van der Waals surface area contributed by atoms with Gasteiger partial charge in [0.15, 0.2) is 6.10 Å². The highest BCUT2D eigenvalue weighted by atomic mass is 16.6. The van der Waals surface area contributed by atoms with E-state index in [1.807, 2.05) is 0 Å². The summed E-state index contributed by atoms with van der Waals surface area (Å²) in [5.74, 6) is -1.37. The molecule has 0 aliphatic carbocycles. The van der Waals surface area contributed by atoms with Gasteiger partial charge in [-0.15, -0.1) is 0 Å². The minimum absolute atomic E-state index is 0.330. The highest BCUT2D eigenvalue weighted by Gasteiger charge is 2.21. The molecule has 238 valence electrons. The van der Waals surface area contributed by atoms with Gasteiger partial charge in [-0.05, 0) is 51.4 Å². The first kappa shape index (κ1) is 39.2. The maximum atomic E-state index is 12.2. The molecule has 4 nitrogen and oxygen atoms in total. The van der Waals surface area contributed by atoms with Crippen molar-refractivity contribution in [3.63, 3.8) is 0 Å². The van der Waals surface area contributed by atoms with Crippen molar-refractivity contribution in [2.75, 3.05) is 0 Å². The molecule has 0 aromatic heterocycles. The zero-order chi connectivity index (χ0) is 30.1. The van der Waals surface area contributed by atoms with Crippen LogP contribution in [0.4, 0.5) is 0 Å². The van der Waals surface area contributed by atoms with Crippen LogP contribution in [0.5, 0.6) is 0 Å². The Bertz CT molecular complexity index is 664. The second kappa shape index (κ2) is 32.7. The van der Waals surface area contributed by atoms with Crippen LogP contribution in [0.15, 0.2) is 36.5 Å². The minimum Gasteiger partial charge on any atom is -0.479 e. The molecule has 0 aliphatic rings. The Labute approximate surface area is 254 Å². The molecule has 0 rings (SSSR count). The van der Waals surface area contributed by atoms with E-state index in [-0.39, 0.29) is 5.97 Å². The zero-order valence-electron chi connectivity index (χ0n) is 27.1. The number of carbonyl (C=O) groups excluding carboxylic acids is 1. The Balaban J connectivity index is 3.60. The maximum absolute atomic E-state index is 12.2. The third-order valence-corrected chi connectivity index (χ3v) is 7.65. The lowest BCUT2D eigenvalue weighted by atomic mass is 10.0. The molecule has 0 spiro atoms. The van der Waals surface area contributed by atoms with Gasteiger partial charge in [-0.3, -0.25) is 4.79 Å². The molecule has 0 radical (unpaired) electrons. The summed E-state index contributed by atoms with van der Waals surface area (Å²) < 4.78 is 5.30. The second-order valence-corrected chi connectivity index (χ2v) is 11.7. The number of unbranched alkanes of at least 4 members (excludes halogenated alkanes) is 19. The molecule has 0 amide bonds. The van der Waals surface area contributed by atoms with Crippen LogP contribution in [-0.2, 0) is 14.3 Å². The Morgan fingerprint density at radius 3 is 1.51 bits per heavy atom. The van der Waals surface area contributed by atoms with E-state index >= 15 is 0 Å². The lowest BCUT2D eigenvalue weighted by Gasteiger charge is -2.13. The normalized spacial score (nSPS) is 12.6. The van der Waals surface area contributed by atoms with Gasteiger partial charge < -0.3 is 9.84 Å². The van der Waals surface area contributed by atoms with Crippen LogP contribution in [0.25, 0.3) is 0 Å². The molecule has 0 saturated heterocycles. The molecule has 0 aromatic rings. The van der Waals surface area contributed by atoms with Crippen molar-refractivity contribution in [2.45, 2.75) is 187 Å². The van der Waals surface area contributed by atoms with Crippen LogP contribution in [0.2, 0.25) is 0 Å². The summed E-state index contributed by atoms with van der Waals surface area (Å²) in [6, 6.07) is 0. The van der Waals surface area contributed by atoms with E-state index in [4.69, 9.17) is 4.74 Å². The zero-order valence-corrected chi connectivity index (χ0v) is 27.1. The summed E-state index contributed by atoms with van der Waals surface area (Å²) >= 11 is 0. The Morgan fingerprint density at radius 2 is 1.00 bits per heavy atom. The largest absolute Gasteiger partial charge is 0.479 e. The van der Waals surface area contributed by atoms with Crippen LogP contribution in [0.3, 0.4) is 0 Å². The molecule has 0 saturated carbocycles. The molecule has 0 aromatic carbocycles. The highest BCUT2D eigenvalue weighted by molar-refractivity contribution is 5.77. The topological polar surface area (TPSA) is 63.6 Å². The Morgan fingerprint density at radius 1 is 0.561 bits per heavy atom. The van der Waals surface area contributed by atoms with E-state index in [1.54, 1.807) is 0 Å². The number of esters is 1. The van der Waals surface area contributed by atoms with E-state index in [0.29, 0.717) is 12.8 Å². The summed E-state index contributed by atoms with van der Waals surface area (Å²) in [4.78, 5) is 23.7. The fourth-order valence-corrected chi connectivity index (χ4v) is 5.04. The first-order valence-corrected chi connectivity index (χ1v) is 17.5. The fourth-order valence-electron chi connectivity index (χ4n) is 5.04.